The van der Waals surface area contributed by atoms with E-state index in [4.69, 9.17) is 4.74 Å². The molecule has 0 aromatic heterocycles. The second kappa shape index (κ2) is 5.69. The topological polar surface area (TPSA) is 61.9 Å². The first-order valence-electron chi connectivity index (χ1n) is 5.36. The molecule has 1 aliphatic rings. The zero-order chi connectivity index (χ0) is 12.1. The van der Waals surface area contributed by atoms with Gasteiger partial charge in [-0.05, 0) is 6.92 Å². The van der Waals surface area contributed by atoms with Crippen molar-refractivity contribution in [1.82, 2.24) is 15.1 Å². The highest BCUT2D eigenvalue weighted by Crippen LogP contribution is 2.00. The molecule has 0 radical (unpaired) electrons. The van der Waals surface area contributed by atoms with Gasteiger partial charge in [-0.2, -0.15) is 0 Å². The molecule has 1 rings (SSSR count). The molecule has 92 valence electrons. The van der Waals surface area contributed by atoms with Gasteiger partial charge in [0.2, 0.25) is 5.91 Å². The van der Waals surface area contributed by atoms with Gasteiger partial charge in [0.1, 0.15) is 6.04 Å². The van der Waals surface area contributed by atoms with Crippen LogP contribution in [0.3, 0.4) is 0 Å². The molecule has 3 amide bonds. The second-order valence-electron chi connectivity index (χ2n) is 4.00. The molecule has 0 saturated carbocycles. The van der Waals surface area contributed by atoms with Crippen LogP contribution in [-0.2, 0) is 9.53 Å². The fourth-order valence-electron chi connectivity index (χ4n) is 1.43. The van der Waals surface area contributed by atoms with E-state index in [1.54, 1.807) is 25.9 Å². The molecular formula is C10H19N3O3. The lowest BCUT2D eigenvalue weighted by Gasteiger charge is -2.29. The Morgan fingerprint density at radius 1 is 1.31 bits per heavy atom. The van der Waals surface area contributed by atoms with Gasteiger partial charge < -0.3 is 19.9 Å². The first-order chi connectivity index (χ1) is 7.52. The third kappa shape index (κ3) is 3.37. The van der Waals surface area contributed by atoms with Crippen LogP contribution in [0, 0.1) is 0 Å². The van der Waals surface area contributed by atoms with Gasteiger partial charge in [0, 0.05) is 27.2 Å². The molecule has 0 bridgehead atoms. The molecule has 0 unspecified atom stereocenters. The number of ether oxygens (including phenoxy) is 1. The van der Waals surface area contributed by atoms with E-state index >= 15 is 0 Å². The molecular weight excluding hydrogens is 210 g/mol. The van der Waals surface area contributed by atoms with E-state index in [9.17, 15) is 9.59 Å². The maximum absolute atomic E-state index is 11.9. The molecule has 0 aromatic carbocycles. The van der Waals surface area contributed by atoms with Crippen LogP contribution >= 0.6 is 0 Å². The predicted octanol–water partition coefficient (Wildman–Crippen LogP) is -0.495. The summed E-state index contributed by atoms with van der Waals surface area (Å²) < 4.78 is 5.16. The third-order valence-corrected chi connectivity index (χ3v) is 2.44. The van der Waals surface area contributed by atoms with Gasteiger partial charge in [-0.15, -0.1) is 0 Å². The Balaban J connectivity index is 2.43. The number of amides is 3. The molecule has 0 spiro atoms. The predicted molar refractivity (Wildman–Crippen MR) is 59.1 cm³/mol. The Bertz CT molecular complexity index is 262. The first-order valence-corrected chi connectivity index (χ1v) is 5.36. The lowest BCUT2D eigenvalue weighted by atomic mass is 10.2. The molecule has 0 aliphatic carbocycles. The van der Waals surface area contributed by atoms with Crippen LogP contribution in [0.4, 0.5) is 4.79 Å². The average molecular weight is 229 g/mol. The van der Waals surface area contributed by atoms with E-state index in [1.807, 2.05) is 0 Å². The van der Waals surface area contributed by atoms with E-state index in [2.05, 4.69) is 5.32 Å². The molecule has 1 atom stereocenters. The van der Waals surface area contributed by atoms with Crippen LogP contribution < -0.4 is 5.32 Å². The molecule has 1 fully saturated rings. The Kier molecular flexibility index (Phi) is 4.54. The molecule has 0 aromatic rings. The lowest BCUT2D eigenvalue weighted by Crippen LogP contribution is -2.52. The quantitative estimate of drug-likeness (QED) is 0.694. The van der Waals surface area contributed by atoms with E-state index < -0.39 is 6.04 Å². The van der Waals surface area contributed by atoms with E-state index in [0.29, 0.717) is 26.3 Å². The smallest absolute Gasteiger partial charge is 0.317 e. The van der Waals surface area contributed by atoms with Crippen molar-refractivity contribution in [3.63, 3.8) is 0 Å². The maximum atomic E-state index is 11.9. The molecule has 1 saturated heterocycles. The number of carbonyl (C=O) groups excluding carboxylic acids is 2. The minimum atomic E-state index is -0.493. The number of nitrogens with zero attached hydrogens (tertiary/aromatic N) is 2. The Labute approximate surface area is 95.5 Å². The number of carbonyl (C=O) groups is 2. The van der Waals surface area contributed by atoms with E-state index in [0.717, 1.165) is 0 Å². The lowest BCUT2D eigenvalue weighted by molar-refractivity contribution is -0.136. The minimum absolute atomic E-state index is 0.0569. The molecule has 6 nitrogen and oxygen atoms in total. The number of morpholine rings is 1. The van der Waals surface area contributed by atoms with Gasteiger partial charge >= 0.3 is 6.03 Å². The van der Waals surface area contributed by atoms with Crippen molar-refractivity contribution in [3.05, 3.63) is 0 Å². The van der Waals surface area contributed by atoms with Crippen LogP contribution in [-0.4, -0.2) is 68.2 Å². The summed E-state index contributed by atoms with van der Waals surface area (Å²) in [6.45, 7) is 4.03. The molecule has 1 aliphatic heterocycles. The van der Waals surface area contributed by atoms with Crippen molar-refractivity contribution in [3.8, 4) is 0 Å². The summed E-state index contributed by atoms with van der Waals surface area (Å²) in [5.41, 5.74) is 0. The van der Waals surface area contributed by atoms with Gasteiger partial charge in [-0.25, -0.2) is 4.79 Å². The van der Waals surface area contributed by atoms with Gasteiger partial charge in [0.25, 0.3) is 0 Å². The van der Waals surface area contributed by atoms with Crippen LogP contribution in [0.1, 0.15) is 6.92 Å². The fraction of sp³-hybridized carbons (Fsp3) is 0.800. The maximum Gasteiger partial charge on any atom is 0.317 e. The second-order valence-corrected chi connectivity index (χ2v) is 4.00. The van der Waals surface area contributed by atoms with Crippen LogP contribution in [0.2, 0.25) is 0 Å². The Morgan fingerprint density at radius 3 is 2.38 bits per heavy atom. The highest BCUT2D eigenvalue weighted by molar-refractivity contribution is 5.86. The number of nitrogens with one attached hydrogen (secondary N) is 1. The van der Waals surface area contributed by atoms with Crippen molar-refractivity contribution in [2.75, 3.05) is 40.4 Å². The SMILES string of the molecule is C[C@H](NC(=O)N(C)C)C(=O)N1CCOCC1. The summed E-state index contributed by atoms with van der Waals surface area (Å²) in [4.78, 5) is 26.4. The number of urea groups is 1. The standard InChI is InChI=1S/C10H19N3O3/c1-8(11-10(15)12(2)3)9(14)13-4-6-16-7-5-13/h8H,4-7H2,1-3H3,(H,11,15)/t8-/m0/s1. The fourth-order valence-corrected chi connectivity index (χ4v) is 1.43. The molecule has 1 heterocycles. The first kappa shape index (κ1) is 12.8. The molecule has 1 N–H and O–H groups in total. The third-order valence-electron chi connectivity index (χ3n) is 2.44. The summed E-state index contributed by atoms with van der Waals surface area (Å²) in [6, 6.07) is -0.748. The van der Waals surface area contributed by atoms with Gasteiger partial charge in [0.05, 0.1) is 13.2 Å². The Morgan fingerprint density at radius 2 is 1.88 bits per heavy atom. The summed E-state index contributed by atoms with van der Waals surface area (Å²) in [5, 5.41) is 2.63. The zero-order valence-corrected chi connectivity index (χ0v) is 10.0. The monoisotopic (exact) mass is 229 g/mol. The van der Waals surface area contributed by atoms with Crippen LogP contribution in [0.5, 0.6) is 0 Å². The highest BCUT2D eigenvalue weighted by atomic mass is 16.5. The molecule has 6 heteroatoms. The van der Waals surface area contributed by atoms with E-state index in [-0.39, 0.29) is 11.9 Å². The number of hydrogen-bond donors (Lipinski definition) is 1. The van der Waals surface area contributed by atoms with E-state index in [1.165, 1.54) is 4.90 Å². The summed E-state index contributed by atoms with van der Waals surface area (Å²) in [7, 11) is 3.28. The Hall–Kier alpha value is -1.30. The van der Waals surface area contributed by atoms with Gasteiger partial charge in [0.15, 0.2) is 0 Å². The van der Waals surface area contributed by atoms with Crippen molar-refractivity contribution in [1.29, 1.82) is 0 Å². The minimum Gasteiger partial charge on any atom is -0.378 e. The van der Waals surface area contributed by atoms with Crippen molar-refractivity contribution in [2.45, 2.75) is 13.0 Å². The normalized spacial score (nSPS) is 17.8. The zero-order valence-electron chi connectivity index (χ0n) is 10.0. The largest absolute Gasteiger partial charge is 0.378 e. The highest BCUT2D eigenvalue weighted by Gasteiger charge is 2.23. The molecule has 16 heavy (non-hydrogen) atoms. The number of rotatable bonds is 2. The van der Waals surface area contributed by atoms with Crippen molar-refractivity contribution < 1.29 is 14.3 Å². The summed E-state index contributed by atoms with van der Waals surface area (Å²) in [5.74, 6) is -0.0569. The van der Waals surface area contributed by atoms with Crippen LogP contribution in [0.25, 0.3) is 0 Å². The average Bonchev–Trinajstić information content (AvgIpc) is 2.28. The van der Waals surface area contributed by atoms with Crippen LogP contribution in [0.15, 0.2) is 0 Å². The van der Waals surface area contributed by atoms with Gasteiger partial charge in [-0.3, -0.25) is 4.79 Å². The van der Waals surface area contributed by atoms with Gasteiger partial charge in [-0.1, -0.05) is 0 Å². The van der Waals surface area contributed by atoms with Crippen molar-refractivity contribution in [2.24, 2.45) is 0 Å². The summed E-state index contributed by atoms with van der Waals surface area (Å²) in [6.07, 6.45) is 0. The summed E-state index contributed by atoms with van der Waals surface area (Å²) >= 11 is 0. The number of hydrogen-bond acceptors (Lipinski definition) is 3. The van der Waals surface area contributed by atoms with Crippen molar-refractivity contribution >= 4 is 11.9 Å².